The van der Waals surface area contributed by atoms with Gasteiger partial charge in [0.05, 0.1) is 18.2 Å². The Morgan fingerprint density at radius 3 is 2.40 bits per heavy atom. The molecule has 25 heavy (non-hydrogen) atoms. The highest BCUT2D eigenvalue weighted by Crippen LogP contribution is 2.24. The second-order valence-electron chi connectivity index (χ2n) is 7.26. The van der Waals surface area contributed by atoms with Crippen molar-refractivity contribution in [2.24, 2.45) is 0 Å². The average Bonchev–Trinajstić information content (AvgIpc) is 2.50. The molecule has 1 atom stereocenters. The summed E-state index contributed by atoms with van der Waals surface area (Å²) < 4.78 is 0. The lowest BCUT2D eigenvalue weighted by Crippen LogP contribution is -2.45. The number of carbonyl (C=O) groups is 1. The number of amides is 2. The third-order valence-electron chi connectivity index (χ3n) is 3.83. The monoisotopic (exact) mass is 341 g/mol. The van der Waals surface area contributed by atoms with E-state index in [2.05, 4.69) is 28.5 Å². The molecular formula is C20H27N3O2. The van der Waals surface area contributed by atoms with Crippen molar-refractivity contribution in [3.63, 3.8) is 0 Å². The normalized spacial score (nSPS) is 12.6. The fourth-order valence-electron chi connectivity index (χ4n) is 2.97. The second kappa shape index (κ2) is 7.66. The maximum Gasteiger partial charge on any atom is 0.317 e. The van der Waals surface area contributed by atoms with E-state index in [0.29, 0.717) is 0 Å². The Morgan fingerprint density at radius 2 is 1.88 bits per heavy atom. The number of aromatic nitrogens is 1. The van der Waals surface area contributed by atoms with Gasteiger partial charge in [0.1, 0.15) is 0 Å². The molecule has 1 aromatic carbocycles. The molecule has 0 spiro atoms. The second-order valence-corrected chi connectivity index (χ2v) is 7.26. The van der Waals surface area contributed by atoms with Crippen LogP contribution >= 0.6 is 0 Å². The summed E-state index contributed by atoms with van der Waals surface area (Å²) in [5.41, 5.74) is 3.26. The molecule has 5 nitrogen and oxygen atoms in total. The molecule has 0 saturated carbocycles. The molecular weight excluding hydrogens is 314 g/mol. The molecule has 0 aliphatic carbocycles. The number of benzene rings is 1. The highest BCUT2D eigenvalue weighted by Gasteiger charge is 2.23. The van der Waals surface area contributed by atoms with Crippen molar-refractivity contribution < 1.29 is 9.90 Å². The molecule has 0 bridgehead atoms. The van der Waals surface area contributed by atoms with E-state index in [0.717, 1.165) is 22.3 Å². The van der Waals surface area contributed by atoms with Gasteiger partial charge in [0.25, 0.3) is 0 Å². The van der Waals surface area contributed by atoms with Crippen LogP contribution in [0.25, 0.3) is 0 Å². The van der Waals surface area contributed by atoms with Gasteiger partial charge in [-0.3, -0.25) is 4.98 Å². The first-order valence-electron chi connectivity index (χ1n) is 8.38. The zero-order chi connectivity index (χ0) is 18.6. The standard InChI is InChI=1S/C20H27N3O2/c1-14-9-15(2)11-17(10-14)18(16-7-6-8-21-12-16)22-19(24)23(5)13-20(3,4)25/h6-12,18,25H,13H2,1-5H3,(H,22,24)/t18-/m1/s1. The first kappa shape index (κ1) is 18.9. The summed E-state index contributed by atoms with van der Waals surface area (Å²) in [5, 5.41) is 13.0. The quantitative estimate of drug-likeness (QED) is 0.878. The van der Waals surface area contributed by atoms with Gasteiger partial charge in [-0.05, 0) is 44.9 Å². The van der Waals surface area contributed by atoms with E-state index >= 15 is 0 Å². The minimum absolute atomic E-state index is 0.241. The molecule has 0 radical (unpaired) electrons. The number of hydrogen-bond donors (Lipinski definition) is 2. The summed E-state index contributed by atoms with van der Waals surface area (Å²) in [6.45, 7) is 7.68. The number of aliphatic hydroxyl groups is 1. The number of likely N-dealkylation sites (N-methyl/N-ethyl adjacent to an activating group) is 1. The largest absolute Gasteiger partial charge is 0.389 e. The number of hydrogen-bond acceptors (Lipinski definition) is 3. The maximum atomic E-state index is 12.6. The van der Waals surface area contributed by atoms with Gasteiger partial charge >= 0.3 is 6.03 Å². The minimum atomic E-state index is -0.949. The van der Waals surface area contributed by atoms with Gasteiger partial charge in [-0.15, -0.1) is 0 Å². The Bertz CT molecular complexity index is 703. The average molecular weight is 341 g/mol. The maximum absolute atomic E-state index is 12.6. The van der Waals surface area contributed by atoms with Crippen LogP contribution < -0.4 is 5.32 Å². The fourth-order valence-corrected chi connectivity index (χ4v) is 2.97. The van der Waals surface area contributed by atoms with Crippen molar-refractivity contribution in [3.8, 4) is 0 Å². The van der Waals surface area contributed by atoms with Crippen molar-refractivity contribution >= 4 is 6.03 Å². The lowest BCUT2D eigenvalue weighted by molar-refractivity contribution is 0.0529. The van der Waals surface area contributed by atoms with Crippen LogP contribution in [0.3, 0.4) is 0 Å². The van der Waals surface area contributed by atoms with Crippen LogP contribution in [0.2, 0.25) is 0 Å². The molecule has 2 amide bonds. The molecule has 1 aromatic heterocycles. The molecule has 0 fully saturated rings. The Balaban J connectivity index is 2.31. The number of rotatable bonds is 5. The molecule has 0 saturated heterocycles. The zero-order valence-corrected chi connectivity index (χ0v) is 15.6. The van der Waals surface area contributed by atoms with Crippen LogP contribution in [0.15, 0.2) is 42.7 Å². The van der Waals surface area contributed by atoms with E-state index in [-0.39, 0.29) is 18.6 Å². The van der Waals surface area contributed by atoms with E-state index in [1.807, 2.05) is 26.0 Å². The van der Waals surface area contributed by atoms with E-state index < -0.39 is 5.60 Å². The molecule has 0 aliphatic heterocycles. The summed E-state index contributed by atoms with van der Waals surface area (Å²) in [7, 11) is 1.68. The van der Waals surface area contributed by atoms with Crippen molar-refractivity contribution in [3.05, 3.63) is 65.0 Å². The van der Waals surface area contributed by atoms with Gasteiger partial charge in [-0.1, -0.05) is 35.4 Å². The fraction of sp³-hybridized carbons (Fsp3) is 0.400. The van der Waals surface area contributed by atoms with Gasteiger partial charge in [-0.2, -0.15) is 0 Å². The molecule has 2 aromatic rings. The van der Waals surface area contributed by atoms with Crippen molar-refractivity contribution in [1.82, 2.24) is 15.2 Å². The third kappa shape index (κ3) is 5.57. The molecule has 2 N–H and O–H groups in total. The predicted molar refractivity (Wildman–Crippen MR) is 99.5 cm³/mol. The van der Waals surface area contributed by atoms with Crippen LogP contribution in [-0.4, -0.2) is 40.2 Å². The third-order valence-corrected chi connectivity index (χ3v) is 3.83. The smallest absolute Gasteiger partial charge is 0.317 e. The summed E-state index contributed by atoms with van der Waals surface area (Å²) >= 11 is 0. The Morgan fingerprint density at radius 1 is 1.24 bits per heavy atom. The summed E-state index contributed by atoms with van der Waals surface area (Å²) in [4.78, 5) is 18.3. The number of urea groups is 1. The SMILES string of the molecule is Cc1cc(C)cc([C@H](NC(=O)N(C)CC(C)(C)O)c2cccnc2)c1. The van der Waals surface area contributed by atoms with Crippen LogP contribution in [0, 0.1) is 13.8 Å². The topological polar surface area (TPSA) is 65.5 Å². The van der Waals surface area contributed by atoms with Gasteiger partial charge in [0.15, 0.2) is 0 Å². The van der Waals surface area contributed by atoms with Gasteiger partial charge < -0.3 is 15.3 Å². The summed E-state index contributed by atoms with van der Waals surface area (Å²) in [6, 6.07) is 9.51. The highest BCUT2D eigenvalue weighted by atomic mass is 16.3. The van der Waals surface area contributed by atoms with Crippen LogP contribution in [-0.2, 0) is 0 Å². The summed E-state index contributed by atoms with van der Waals surface area (Å²) in [5.74, 6) is 0. The van der Waals surface area contributed by atoms with E-state index in [1.54, 1.807) is 33.3 Å². The molecule has 5 heteroatoms. The van der Waals surface area contributed by atoms with E-state index in [9.17, 15) is 9.90 Å². The number of aryl methyl sites for hydroxylation is 2. The van der Waals surface area contributed by atoms with E-state index in [4.69, 9.17) is 0 Å². The first-order valence-corrected chi connectivity index (χ1v) is 8.38. The van der Waals surface area contributed by atoms with Crippen LogP contribution in [0.4, 0.5) is 4.79 Å². The number of nitrogens with zero attached hydrogens (tertiary/aromatic N) is 2. The van der Waals surface area contributed by atoms with Gasteiger partial charge in [0, 0.05) is 19.4 Å². The number of carbonyl (C=O) groups excluding carboxylic acids is 1. The molecule has 2 rings (SSSR count). The van der Waals surface area contributed by atoms with E-state index in [1.165, 1.54) is 4.90 Å². The van der Waals surface area contributed by atoms with Crippen molar-refractivity contribution in [1.29, 1.82) is 0 Å². The number of nitrogens with one attached hydrogen (secondary N) is 1. The minimum Gasteiger partial charge on any atom is -0.389 e. The molecule has 1 heterocycles. The molecule has 0 unspecified atom stereocenters. The summed E-state index contributed by atoms with van der Waals surface area (Å²) in [6.07, 6.45) is 3.48. The van der Waals surface area contributed by atoms with Crippen LogP contribution in [0.1, 0.15) is 42.1 Å². The zero-order valence-electron chi connectivity index (χ0n) is 15.6. The molecule has 134 valence electrons. The van der Waals surface area contributed by atoms with Crippen LogP contribution in [0.5, 0.6) is 0 Å². The van der Waals surface area contributed by atoms with Crippen molar-refractivity contribution in [2.45, 2.75) is 39.3 Å². The Labute approximate surface area is 149 Å². The Kier molecular flexibility index (Phi) is 5.80. The molecule has 0 aliphatic rings. The lowest BCUT2D eigenvalue weighted by Gasteiger charge is -2.28. The highest BCUT2D eigenvalue weighted by molar-refractivity contribution is 5.75. The van der Waals surface area contributed by atoms with Gasteiger partial charge in [-0.25, -0.2) is 4.79 Å². The Hall–Kier alpha value is -2.40. The predicted octanol–water partition coefficient (Wildman–Crippen LogP) is 3.20. The van der Waals surface area contributed by atoms with Gasteiger partial charge in [0.2, 0.25) is 0 Å². The van der Waals surface area contributed by atoms with Crippen molar-refractivity contribution in [2.75, 3.05) is 13.6 Å². The number of pyridine rings is 1. The first-order chi connectivity index (χ1) is 11.7. The lowest BCUT2D eigenvalue weighted by atomic mass is 9.96.